The first-order valence-corrected chi connectivity index (χ1v) is 9.36. The lowest BCUT2D eigenvalue weighted by Crippen LogP contribution is -2.31. The van der Waals surface area contributed by atoms with Crippen LogP contribution in [0, 0.1) is 0 Å². The highest BCUT2D eigenvalue weighted by molar-refractivity contribution is 8.00. The van der Waals surface area contributed by atoms with Crippen LogP contribution in [0.3, 0.4) is 0 Å². The molecule has 2 atom stereocenters. The maximum Gasteiger partial charge on any atom is 0.264 e. The number of thioether (sulfide) groups is 1. The van der Waals surface area contributed by atoms with Gasteiger partial charge in [0.05, 0.1) is 19.5 Å². The topological polar surface area (TPSA) is 52.6 Å². The average molecular weight is 316 g/mol. The van der Waals surface area contributed by atoms with Crippen molar-refractivity contribution in [1.29, 1.82) is 0 Å². The summed E-state index contributed by atoms with van der Waals surface area (Å²) in [6.07, 6.45) is 4.84. The molecule has 0 aliphatic heterocycles. The molecular formula is C14H20O4S2. The molecule has 1 aliphatic carbocycles. The molecule has 0 unspecified atom stereocenters. The van der Waals surface area contributed by atoms with Gasteiger partial charge in [-0.15, -0.1) is 11.8 Å². The molecule has 1 aromatic rings. The first-order chi connectivity index (χ1) is 9.48. The molecule has 1 fully saturated rings. The van der Waals surface area contributed by atoms with Crippen molar-refractivity contribution < 1.29 is 17.3 Å². The maximum absolute atomic E-state index is 11.3. The largest absolute Gasteiger partial charge is 0.497 e. The zero-order valence-electron chi connectivity index (χ0n) is 11.7. The summed E-state index contributed by atoms with van der Waals surface area (Å²) in [6, 6.07) is 7.82. The van der Waals surface area contributed by atoms with E-state index in [1.54, 1.807) is 18.9 Å². The highest BCUT2D eigenvalue weighted by atomic mass is 32.2. The number of ether oxygens (including phenoxy) is 1. The molecular weight excluding hydrogens is 296 g/mol. The van der Waals surface area contributed by atoms with E-state index in [9.17, 15) is 8.42 Å². The van der Waals surface area contributed by atoms with Gasteiger partial charge in [0.15, 0.2) is 0 Å². The Morgan fingerprint density at radius 1 is 1.15 bits per heavy atom. The molecule has 1 saturated carbocycles. The number of hydrogen-bond donors (Lipinski definition) is 0. The molecule has 0 radical (unpaired) electrons. The third-order valence-electron chi connectivity index (χ3n) is 3.29. The Morgan fingerprint density at radius 3 is 2.40 bits per heavy atom. The Morgan fingerprint density at radius 2 is 1.80 bits per heavy atom. The molecule has 0 spiro atoms. The number of methoxy groups -OCH3 is 1. The molecule has 0 amide bonds. The second-order valence-corrected chi connectivity index (χ2v) is 7.87. The predicted octanol–water partition coefficient (Wildman–Crippen LogP) is 3.07. The van der Waals surface area contributed by atoms with E-state index in [1.807, 2.05) is 24.3 Å². The minimum absolute atomic E-state index is 0.187. The fourth-order valence-electron chi connectivity index (χ4n) is 2.36. The van der Waals surface area contributed by atoms with E-state index in [-0.39, 0.29) is 11.4 Å². The Kier molecular flexibility index (Phi) is 5.35. The monoisotopic (exact) mass is 316 g/mol. The molecule has 1 aromatic carbocycles. The maximum atomic E-state index is 11.3. The molecule has 1 aliphatic rings. The molecule has 6 heteroatoms. The first kappa shape index (κ1) is 15.7. The van der Waals surface area contributed by atoms with E-state index in [1.165, 1.54) is 0 Å². The van der Waals surface area contributed by atoms with Crippen LogP contribution in [0.1, 0.15) is 25.7 Å². The van der Waals surface area contributed by atoms with E-state index in [4.69, 9.17) is 8.92 Å². The van der Waals surface area contributed by atoms with Crippen molar-refractivity contribution in [1.82, 2.24) is 0 Å². The van der Waals surface area contributed by atoms with Crippen LogP contribution in [-0.4, -0.2) is 33.1 Å². The molecule has 2 rings (SSSR count). The van der Waals surface area contributed by atoms with Gasteiger partial charge in [-0.3, -0.25) is 4.18 Å². The van der Waals surface area contributed by atoms with Gasteiger partial charge in [-0.05, 0) is 37.1 Å². The van der Waals surface area contributed by atoms with Crippen molar-refractivity contribution in [3.8, 4) is 5.75 Å². The van der Waals surface area contributed by atoms with Gasteiger partial charge in [-0.1, -0.05) is 12.8 Å². The zero-order chi connectivity index (χ0) is 14.6. The van der Waals surface area contributed by atoms with Gasteiger partial charge in [0.25, 0.3) is 10.1 Å². The minimum atomic E-state index is -3.39. The number of hydrogen-bond acceptors (Lipinski definition) is 5. The highest BCUT2D eigenvalue weighted by Crippen LogP contribution is 2.36. The predicted molar refractivity (Wildman–Crippen MR) is 80.8 cm³/mol. The van der Waals surface area contributed by atoms with Crippen LogP contribution in [-0.2, 0) is 14.3 Å². The zero-order valence-corrected chi connectivity index (χ0v) is 13.4. The lowest BCUT2D eigenvalue weighted by Gasteiger charge is -2.29. The quantitative estimate of drug-likeness (QED) is 0.781. The van der Waals surface area contributed by atoms with Crippen LogP contribution in [0.5, 0.6) is 5.75 Å². The van der Waals surface area contributed by atoms with Crippen LogP contribution in [0.4, 0.5) is 0 Å². The Bertz CT molecular complexity index is 525. The van der Waals surface area contributed by atoms with Crippen LogP contribution in [0.2, 0.25) is 0 Å². The van der Waals surface area contributed by atoms with Crippen molar-refractivity contribution >= 4 is 21.9 Å². The number of benzene rings is 1. The van der Waals surface area contributed by atoms with Crippen molar-refractivity contribution in [3.05, 3.63) is 24.3 Å². The van der Waals surface area contributed by atoms with Gasteiger partial charge in [0, 0.05) is 10.1 Å². The highest BCUT2D eigenvalue weighted by Gasteiger charge is 2.29. The Hall–Kier alpha value is -0.720. The summed E-state index contributed by atoms with van der Waals surface area (Å²) < 4.78 is 33.0. The second-order valence-electron chi connectivity index (χ2n) is 4.96. The van der Waals surface area contributed by atoms with E-state index in [0.29, 0.717) is 0 Å². The van der Waals surface area contributed by atoms with Gasteiger partial charge >= 0.3 is 0 Å². The summed E-state index contributed by atoms with van der Waals surface area (Å²) >= 11 is 1.69. The molecule has 0 bridgehead atoms. The summed E-state index contributed by atoms with van der Waals surface area (Å²) in [6.45, 7) is 0. The van der Waals surface area contributed by atoms with Gasteiger partial charge in [-0.25, -0.2) is 0 Å². The van der Waals surface area contributed by atoms with Crippen LogP contribution < -0.4 is 4.74 Å². The summed E-state index contributed by atoms with van der Waals surface area (Å²) in [7, 11) is -1.75. The van der Waals surface area contributed by atoms with Crippen molar-refractivity contribution in [2.45, 2.75) is 41.9 Å². The molecule has 0 aromatic heterocycles. The van der Waals surface area contributed by atoms with Gasteiger partial charge in [-0.2, -0.15) is 8.42 Å². The van der Waals surface area contributed by atoms with Crippen LogP contribution >= 0.6 is 11.8 Å². The fraction of sp³-hybridized carbons (Fsp3) is 0.571. The SMILES string of the molecule is COc1ccc(S[C@@H]2CCCC[C@@H]2OS(C)(=O)=O)cc1. The Labute approximate surface area is 125 Å². The third-order valence-corrected chi connectivity index (χ3v) is 5.27. The van der Waals surface area contributed by atoms with Crippen molar-refractivity contribution in [2.24, 2.45) is 0 Å². The Balaban J connectivity index is 2.04. The molecule has 0 N–H and O–H groups in total. The van der Waals surface area contributed by atoms with E-state index >= 15 is 0 Å². The summed E-state index contributed by atoms with van der Waals surface area (Å²) in [5.41, 5.74) is 0. The van der Waals surface area contributed by atoms with Crippen molar-refractivity contribution in [3.63, 3.8) is 0 Å². The lowest BCUT2D eigenvalue weighted by molar-refractivity contribution is 0.170. The average Bonchev–Trinajstić information content (AvgIpc) is 2.40. The minimum Gasteiger partial charge on any atom is -0.497 e. The van der Waals surface area contributed by atoms with Crippen LogP contribution in [0.25, 0.3) is 0 Å². The summed E-state index contributed by atoms with van der Waals surface area (Å²) in [5, 5.41) is 0.187. The molecule has 0 heterocycles. The van der Waals surface area contributed by atoms with E-state index in [2.05, 4.69) is 0 Å². The van der Waals surface area contributed by atoms with Gasteiger partial charge in [0.1, 0.15) is 5.75 Å². The second kappa shape index (κ2) is 6.83. The normalized spacial score (nSPS) is 23.5. The molecule has 20 heavy (non-hydrogen) atoms. The summed E-state index contributed by atoms with van der Waals surface area (Å²) in [4.78, 5) is 1.11. The van der Waals surface area contributed by atoms with Gasteiger partial charge in [0.2, 0.25) is 0 Å². The van der Waals surface area contributed by atoms with Crippen LogP contribution in [0.15, 0.2) is 29.2 Å². The van der Waals surface area contributed by atoms with Gasteiger partial charge < -0.3 is 4.74 Å². The standard InChI is InChI=1S/C14H20O4S2/c1-17-11-7-9-12(10-8-11)19-14-6-4-3-5-13(14)18-20(2,15)16/h7-10,13-14H,3-6H2,1-2H3/t13-,14+/m0/s1. The molecule has 0 saturated heterocycles. The van der Waals surface area contributed by atoms with E-state index in [0.717, 1.165) is 42.6 Å². The fourth-order valence-corrected chi connectivity index (χ4v) is 4.38. The third kappa shape index (κ3) is 4.68. The first-order valence-electron chi connectivity index (χ1n) is 6.67. The molecule has 112 valence electrons. The lowest BCUT2D eigenvalue weighted by atomic mass is 9.97. The van der Waals surface area contributed by atoms with Crippen molar-refractivity contribution in [2.75, 3.05) is 13.4 Å². The van der Waals surface area contributed by atoms with E-state index < -0.39 is 10.1 Å². The summed E-state index contributed by atoms with van der Waals surface area (Å²) in [5.74, 6) is 0.821. The molecule has 4 nitrogen and oxygen atoms in total. The smallest absolute Gasteiger partial charge is 0.264 e. The number of rotatable bonds is 5.